The number of nitrogens with zero attached hydrogens (tertiary/aromatic N) is 5. The Labute approximate surface area is 267 Å². The minimum Gasteiger partial charge on any atom is -0.495 e. The van der Waals surface area contributed by atoms with Crippen LogP contribution in [-0.4, -0.2) is 58.0 Å². The number of benzene rings is 1. The Morgan fingerprint density at radius 3 is 2.64 bits per heavy atom. The van der Waals surface area contributed by atoms with E-state index in [-0.39, 0.29) is 42.1 Å². The molecule has 3 aromatic heterocycles. The number of aromatic nitrogens is 5. The smallest absolute Gasteiger partial charge is 0.421 e. The van der Waals surface area contributed by atoms with Crippen molar-refractivity contribution in [2.45, 2.75) is 38.6 Å². The van der Waals surface area contributed by atoms with Gasteiger partial charge >= 0.3 is 13.8 Å². The van der Waals surface area contributed by atoms with Gasteiger partial charge in [-0.3, -0.25) is 14.0 Å². The quantitative estimate of drug-likeness (QED) is 0.214. The number of hydrogen-bond acceptors (Lipinski definition) is 11. The van der Waals surface area contributed by atoms with Gasteiger partial charge in [0.05, 0.1) is 49.8 Å². The maximum atomic E-state index is 14.1. The highest BCUT2D eigenvalue weighted by molar-refractivity contribution is 7.53. The standard InChI is InChI=1S/C30H32F3N8O5P/c1-4-45-47(43)15-18-5-6-22(24(11-18)44-3)39-28-35-13-20(30(31,32)33)26(40-28)38-23-8-7-21(37-25(23)27(42)34-2)19-12-36-41(14-19)16-29(9-10-29)17-46-47/h5-8,11-14H,4,9-10,15-17H2,1-3H3,(H,34,42)(H2,35,38,39,40)/t47-/m0/s1. The zero-order chi connectivity index (χ0) is 33.4. The van der Waals surface area contributed by atoms with Gasteiger partial charge in [0.15, 0.2) is 5.69 Å². The lowest BCUT2D eigenvalue weighted by Crippen LogP contribution is -2.21. The molecule has 47 heavy (non-hydrogen) atoms. The lowest BCUT2D eigenvalue weighted by atomic mass is 10.1. The van der Waals surface area contributed by atoms with Gasteiger partial charge in [0, 0.05) is 37.0 Å². The molecule has 1 amide bonds. The number of pyridine rings is 1. The molecule has 8 bridgehead atoms. The van der Waals surface area contributed by atoms with Crippen LogP contribution >= 0.6 is 7.60 Å². The number of carbonyl (C=O) groups excluding carboxylic acids is 1. The molecule has 7 heterocycles. The molecule has 17 heteroatoms. The number of amides is 1. The molecule has 4 aliphatic heterocycles. The molecule has 248 valence electrons. The van der Waals surface area contributed by atoms with Crippen LogP contribution in [0.25, 0.3) is 11.3 Å². The monoisotopic (exact) mass is 672 g/mol. The SMILES string of the molecule is CCO[P@@]1(=O)Cc2ccc(c(OC)c2)Nc2ncc(C(F)(F)F)c(n2)Nc2ccc(nc2C(=O)NC)-c2cnn(c2)CC2(CC2)CO1. The number of hydrogen-bond donors (Lipinski definition) is 3. The average Bonchev–Trinajstić information content (AvgIpc) is 3.65. The average molecular weight is 673 g/mol. The van der Waals surface area contributed by atoms with Crippen LogP contribution in [0.2, 0.25) is 0 Å². The third-order valence-corrected chi connectivity index (χ3v) is 9.78. The summed E-state index contributed by atoms with van der Waals surface area (Å²) in [6, 6.07) is 7.93. The van der Waals surface area contributed by atoms with Crippen molar-refractivity contribution >= 4 is 36.6 Å². The minimum atomic E-state index is -4.82. The number of alkyl halides is 3. The highest BCUT2D eigenvalue weighted by Gasteiger charge is 2.45. The van der Waals surface area contributed by atoms with Crippen molar-refractivity contribution < 1.29 is 36.3 Å². The number of halogens is 3. The van der Waals surface area contributed by atoms with E-state index in [4.69, 9.17) is 13.8 Å². The third kappa shape index (κ3) is 7.09. The molecule has 5 aliphatic rings. The van der Waals surface area contributed by atoms with E-state index in [0.717, 1.165) is 12.8 Å². The Balaban J connectivity index is 1.47. The van der Waals surface area contributed by atoms with Gasteiger partial charge in [-0.2, -0.15) is 23.3 Å². The normalized spacial score (nSPS) is 18.9. The zero-order valence-corrected chi connectivity index (χ0v) is 26.6. The predicted molar refractivity (Wildman–Crippen MR) is 166 cm³/mol. The molecule has 0 unspecified atom stereocenters. The topological polar surface area (TPSA) is 154 Å². The largest absolute Gasteiger partial charge is 0.495 e. The second-order valence-electron chi connectivity index (χ2n) is 11.3. The van der Waals surface area contributed by atoms with Crippen molar-refractivity contribution in [3.63, 3.8) is 0 Å². The molecule has 13 nitrogen and oxygen atoms in total. The van der Waals surface area contributed by atoms with E-state index in [0.29, 0.717) is 41.0 Å². The second kappa shape index (κ2) is 12.6. The summed E-state index contributed by atoms with van der Waals surface area (Å²) in [5, 5.41) is 12.5. The first kappa shape index (κ1) is 32.4. The summed E-state index contributed by atoms with van der Waals surface area (Å²) in [5.41, 5.74) is 0.278. The third-order valence-electron chi connectivity index (χ3n) is 7.85. The molecule has 0 radical (unpaired) electrons. The van der Waals surface area contributed by atoms with E-state index < -0.39 is 31.1 Å². The Bertz CT molecular complexity index is 1860. The summed E-state index contributed by atoms with van der Waals surface area (Å²) in [5.74, 6) is -1.13. The number of anilines is 4. The molecule has 9 rings (SSSR count). The van der Waals surface area contributed by atoms with Gasteiger partial charge in [-0.15, -0.1) is 0 Å². The van der Waals surface area contributed by atoms with Crippen molar-refractivity contribution in [3.8, 4) is 17.0 Å². The van der Waals surface area contributed by atoms with Crippen molar-refractivity contribution in [1.82, 2.24) is 30.0 Å². The zero-order valence-electron chi connectivity index (χ0n) is 25.7. The first-order valence-electron chi connectivity index (χ1n) is 14.7. The van der Waals surface area contributed by atoms with Crippen LogP contribution in [0, 0.1) is 5.41 Å². The molecule has 1 fully saturated rings. The van der Waals surface area contributed by atoms with Gasteiger partial charge in [0.2, 0.25) is 5.95 Å². The van der Waals surface area contributed by atoms with E-state index in [9.17, 15) is 22.5 Å². The number of nitrogens with one attached hydrogen (secondary N) is 3. The lowest BCUT2D eigenvalue weighted by molar-refractivity contribution is -0.137. The lowest BCUT2D eigenvalue weighted by Gasteiger charge is -2.22. The number of carbonyl (C=O) groups is 1. The molecule has 0 saturated heterocycles. The van der Waals surface area contributed by atoms with Crippen LogP contribution in [0.4, 0.5) is 36.3 Å². The van der Waals surface area contributed by atoms with Crippen molar-refractivity contribution in [2.75, 3.05) is 38.0 Å². The number of ether oxygens (including phenoxy) is 1. The molecule has 1 spiro atoms. The van der Waals surface area contributed by atoms with Crippen molar-refractivity contribution in [3.05, 3.63) is 65.7 Å². The van der Waals surface area contributed by atoms with Gasteiger partial charge in [-0.25, -0.2) is 9.97 Å². The summed E-state index contributed by atoms with van der Waals surface area (Å²) in [6.45, 7) is 2.59. The van der Waals surface area contributed by atoms with Gasteiger partial charge < -0.3 is 29.7 Å². The van der Waals surface area contributed by atoms with Crippen LogP contribution in [0.15, 0.2) is 48.9 Å². The molecule has 1 saturated carbocycles. The van der Waals surface area contributed by atoms with Crippen LogP contribution in [0.5, 0.6) is 5.75 Å². The molecular formula is C30H32F3N8O5P. The van der Waals surface area contributed by atoms with Crippen LogP contribution in [0.1, 0.15) is 41.4 Å². The van der Waals surface area contributed by atoms with Gasteiger partial charge in [-0.1, -0.05) is 6.07 Å². The summed E-state index contributed by atoms with van der Waals surface area (Å²) in [6.07, 6.45) is 0.801. The molecule has 1 aliphatic carbocycles. The van der Waals surface area contributed by atoms with Gasteiger partial charge in [-0.05, 0) is 49.6 Å². The summed E-state index contributed by atoms with van der Waals surface area (Å²) in [4.78, 5) is 25.4. The fourth-order valence-corrected chi connectivity index (χ4v) is 6.94. The van der Waals surface area contributed by atoms with Gasteiger partial charge in [0.25, 0.3) is 5.91 Å². The first-order chi connectivity index (χ1) is 22.4. The first-order valence-corrected chi connectivity index (χ1v) is 16.5. The number of methoxy groups -OCH3 is 1. The maximum Gasteiger partial charge on any atom is 0.421 e. The maximum absolute atomic E-state index is 14.1. The fraction of sp³-hybridized carbons (Fsp3) is 0.367. The van der Waals surface area contributed by atoms with Crippen LogP contribution < -0.4 is 20.7 Å². The van der Waals surface area contributed by atoms with E-state index >= 15 is 0 Å². The van der Waals surface area contributed by atoms with Crippen molar-refractivity contribution in [2.24, 2.45) is 5.41 Å². The Kier molecular flexibility index (Phi) is 8.68. The fourth-order valence-electron chi connectivity index (χ4n) is 5.18. The molecule has 4 aromatic rings. The molecule has 1 atom stereocenters. The van der Waals surface area contributed by atoms with Crippen LogP contribution in [-0.2, 0) is 32.5 Å². The summed E-state index contributed by atoms with van der Waals surface area (Å²) < 4.78 is 75.1. The second-order valence-corrected chi connectivity index (χ2v) is 13.4. The highest BCUT2D eigenvalue weighted by atomic mass is 31.2. The summed E-state index contributed by atoms with van der Waals surface area (Å²) in [7, 11) is -0.781. The highest BCUT2D eigenvalue weighted by Crippen LogP contribution is 2.56. The Hall–Kier alpha value is -4.53. The minimum absolute atomic E-state index is 0.00692. The Morgan fingerprint density at radius 2 is 1.94 bits per heavy atom. The van der Waals surface area contributed by atoms with E-state index in [1.54, 1.807) is 48.3 Å². The molecular weight excluding hydrogens is 640 g/mol. The Morgan fingerprint density at radius 1 is 1.15 bits per heavy atom. The number of rotatable bonds is 4. The van der Waals surface area contributed by atoms with E-state index in [2.05, 4.69) is 36.0 Å². The van der Waals surface area contributed by atoms with E-state index in [1.165, 1.54) is 20.2 Å². The predicted octanol–water partition coefficient (Wildman–Crippen LogP) is 6.15. The van der Waals surface area contributed by atoms with Gasteiger partial charge in [0.1, 0.15) is 17.1 Å². The van der Waals surface area contributed by atoms with Crippen LogP contribution in [0.3, 0.4) is 0 Å². The van der Waals surface area contributed by atoms with Crippen molar-refractivity contribution in [1.29, 1.82) is 0 Å². The molecule has 3 N–H and O–H groups in total. The van der Waals surface area contributed by atoms with E-state index in [1.807, 2.05) is 0 Å². The summed E-state index contributed by atoms with van der Waals surface area (Å²) >= 11 is 0. The molecule has 1 aromatic carbocycles.